The molecule has 0 bridgehead atoms. The van der Waals surface area contributed by atoms with E-state index in [4.69, 9.17) is 0 Å². The molecule has 0 aromatic heterocycles. The molecule has 146 valence electrons. The molecule has 0 aromatic rings. The number of rotatable bonds is 6. The minimum absolute atomic E-state index is 0.107. The summed E-state index contributed by atoms with van der Waals surface area (Å²) in [4.78, 5) is 38.2. The molecule has 0 spiro atoms. The number of guanidine groups is 1. The number of likely N-dealkylation sites (tertiary alicyclic amines) is 1. The number of amides is 2. The molecular formula is C18H31N5O2S. The Morgan fingerprint density at radius 3 is 2.54 bits per heavy atom. The van der Waals surface area contributed by atoms with Gasteiger partial charge in [0, 0.05) is 38.8 Å². The minimum atomic E-state index is -0.331. The van der Waals surface area contributed by atoms with Crippen molar-refractivity contribution in [3.63, 3.8) is 0 Å². The van der Waals surface area contributed by atoms with Crippen molar-refractivity contribution in [2.24, 2.45) is 15.0 Å². The predicted octanol–water partition coefficient (Wildman–Crippen LogP) is 3.15. The number of thioether (sulfide) groups is 1. The largest absolute Gasteiger partial charge is 0.341 e. The smallest absolute Gasteiger partial charge is 0.341 e. The number of ketones is 1. The molecule has 0 atom stereocenters. The first-order valence-corrected chi connectivity index (χ1v) is 10.2. The zero-order valence-corrected chi connectivity index (χ0v) is 17.1. The van der Waals surface area contributed by atoms with Gasteiger partial charge in [0.25, 0.3) is 0 Å². The van der Waals surface area contributed by atoms with Crippen LogP contribution < -0.4 is 5.32 Å². The van der Waals surface area contributed by atoms with Crippen LogP contribution in [0.3, 0.4) is 0 Å². The van der Waals surface area contributed by atoms with E-state index in [1.54, 1.807) is 14.0 Å². The Kier molecular flexibility index (Phi) is 10.8. The molecule has 2 amide bonds. The molecule has 0 saturated carbocycles. The van der Waals surface area contributed by atoms with Gasteiger partial charge in [0.2, 0.25) is 5.96 Å². The van der Waals surface area contributed by atoms with Crippen molar-refractivity contribution < 1.29 is 9.59 Å². The van der Waals surface area contributed by atoms with Crippen molar-refractivity contribution in [2.45, 2.75) is 58.9 Å². The summed E-state index contributed by atoms with van der Waals surface area (Å²) in [5, 5.41) is 3.57. The molecule has 26 heavy (non-hydrogen) atoms. The monoisotopic (exact) mass is 381 g/mol. The number of hydrogen-bond donors (Lipinski definition) is 1. The zero-order chi connectivity index (χ0) is 19.4. The van der Waals surface area contributed by atoms with Crippen LogP contribution in [0.25, 0.3) is 0 Å². The number of unbranched alkanes of at least 4 members (excludes halogenated alkanes) is 1. The fourth-order valence-electron chi connectivity index (χ4n) is 2.45. The summed E-state index contributed by atoms with van der Waals surface area (Å²) in [6, 6.07) is -0.224. The summed E-state index contributed by atoms with van der Waals surface area (Å²) in [5.74, 6) is 1.29. The summed E-state index contributed by atoms with van der Waals surface area (Å²) >= 11 is 1.32. The lowest BCUT2D eigenvalue weighted by Crippen LogP contribution is -2.45. The highest BCUT2D eigenvalue weighted by atomic mass is 32.2. The van der Waals surface area contributed by atoms with E-state index in [0.29, 0.717) is 17.2 Å². The minimum Gasteiger partial charge on any atom is -0.341 e. The van der Waals surface area contributed by atoms with Crippen LogP contribution in [0.4, 0.5) is 4.79 Å². The molecule has 0 aliphatic carbocycles. The average Bonchev–Trinajstić information content (AvgIpc) is 2.64. The van der Waals surface area contributed by atoms with Gasteiger partial charge in [-0.3, -0.25) is 9.79 Å². The molecule has 1 rings (SSSR count). The maximum atomic E-state index is 12.0. The van der Waals surface area contributed by atoms with Gasteiger partial charge in [-0.25, -0.2) is 9.79 Å². The third-order valence-corrected chi connectivity index (χ3v) is 5.00. The van der Waals surface area contributed by atoms with Gasteiger partial charge in [-0.1, -0.05) is 20.3 Å². The fraction of sp³-hybridized carbons (Fsp3) is 0.722. The molecule has 1 aliphatic heterocycles. The van der Waals surface area contributed by atoms with Crippen molar-refractivity contribution in [3.05, 3.63) is 0 Å². The van der Waals surface area contributed by atoms with Crippen LogP contribution >= 0.6 is 11.8 Å². The summed E-state index contributed by atoms with van der Waals surface area (Å²) in [6.45, 7) is 7.33. The van der Waals surface area contributed by atoms with Crippen molar-refractivity contribution in [1.29, 1.82) is 0 Å². The lowest BCUT2D eigenvalue weighted by Gasteiger charge is -2.32. The zero-order valence-electron chi connectivity index (χ0n) is 16.3. The van der Waals surface area contributed by atoms with Gasteiger partial charge >= 0.3 is 6.03 Å². The highest BCUT2D eigenvalue weighted by molar-refractivity contribution is 8.14. The number of urea groups is 1. The predicted molar refractivity (Wildman–Crippen MR) is 111 cm³/mol. The van der Waals surface area contributed by atoms with E-state index in [1.165, 1.54) is 11.8 Å². The molecule has 1 fully saturated rings. The Bertz CT molecular complexity index is 552. The van der Waals surface area contributed by atoms with E-state index >= 15 is 0 Å². The Morgan fingerprint density at radius 2 is 1.96 bits per heavy atom. The lowest BCUT2D eigenvalue weighted by molar-refractivity contribution is -0.116. The highest BCUT2D eigenvalue weighted by Gasteiger charge is 2.22. The van der Waals surface area contributed by atoms with Crippen LogP contribution in [-0.4, -0.2) is 65.9 Å². The van der Waals surface area contributed by atoms with Gasteiger partial charge in [0.1, 0.15) is 5.78 Å². The molecule has 1 heterocycles. The highest BCUT2D eigenvalue weighted by Crippen LogP contribution is 2.12. The molecule has 0 radical (unpaired) electrons. The molecule has 7 nitrogen and oxygen atoms in total. The Hall–Kier alpha value is -1.70. The third kappa shape index (κ3) is 8.60. The molecule has 1 N–H and O–H groups in total. The molecular weight excluding hydrogens is 350 g/mol. The second kappa shape index (κ2) is 12.6. The van der Waals surface area contributed by atoms with Gasteiger partial charge in [-0.05, 0) is 26.2 Å². The van der Waals surface area contributed by atoms with Crippen LogP contribution in [0.15, 0.2) is 15.0 Å². The van der Waals surface area contributed by atoms with Crippen molar-refractivity contribution in [3.8, 4) is 0 Å². The number of piperidine rings is 1. The summed E-state index contributed by atoms with van der Waals surface area (Å²) in [5.41, 5.74) is 0. The Morgan fingerprint density at radius 1 is 1.27 bits per heavy atom. The molecule has 0 unspecified atom stereocenters. The summed E-state index contributed by atoms with van der Waals surface area (Å²) in [7, 11) is 1.75. The van der Waals surface area contributed by atoms with E-state index in [9.17, 15) is 9.59 Å². The van der Waals surface area contributed by atoms with E-state index in [0.717, 1.165) is 44.7 Å². The number of carbonyl (C=O) groups is 2. The summed E-state index contributed by atoms with van der Waals surface area (Å²) in [6.07, 6.45) is 6.11. The topological polar surface area (TPSA) is 86.5 Å². The summed E-state index contributed by atoms with van der Waals surface area (Å²) < 4.78 is 0. The maximum Gasteiger partial charge on any atom is 0.341 e. The van der Waals surface area contributed by atoms with Gasteiger partial charge in [0.15, 0.2) is 0 Å². The Balaban J connectivity index is 2.41. The van der Waals surface area contributed by atoms with E-state index in [2.05, 4.69) is 32.1 Å². The van der Waals surface area contributed by atoms with Crippen LogP contribution in [-0.2, 0) is 4.79 Å². The first-order valence-electron chi connectivity index (χ1n) is 9.24. The standard InChI is InChI=1S/C18H31N5O2S/c1-5-7-10-20-17(19-4)23-11-8-15(9-12-23)22-18(25)21-14(3)26-13-16(24)6-2/h10,15H,5-9,11-13H2,1-4H3,(H,22,25)/b19-17?,20-10-,21-14-. The number of aliphatic imine (C=N–C) groups is 3. The number of nitrogens with zero attached hydrogens (tertiary/aromatic N) is 4. The Labute approximate surface area is 160 Å². The van der Waals surface area contributed by atoms with Crippen LogP contribution in [0, 0.1) is 0 Å². The van der Waals surface area contributed by atoms with E-state index in [-0.39, 0.29) is 17.9 Å². The van der Waals surface area contributed by atoms with Gasteiger partial charge in [0.05, 0.1) is 10.8 Å². The van der Waals surface area contributed by atoms with Crippen molar-refractivity contribution in [2.75, 3.05) is 25.9 Å². The van der Waals surface area contributed by atoms with E-state index < -0.39 is 0 Å². The van der Waals surface area contributed by atoms with Gasteiger partial charge < -0.3 is 10.2 Å². The van der Waals surface area contributed by atoms with Crippen molar-refractivity contribution in [1.82, 2.24) is 10.2 Å². The number of Topliss-reactive ketones (excluding diaryl/α,β-unsaturated/α-hetero) is 1. The molecule has 1 saturated heterocycles. The SMILES string of the molecule is CCC/C=N\C(=NC)N1CCC(NC(=O)/N=C(/C)SCC(=O)CC)CC1. The quantitative estimate of drug-likeness (QED) is 0.566. The van der Waals surface area contributed by atoms with Gasteiger partial charge in [-0.15, -0.1) is 11.8 Å². The first-order chi connectivity index (χ1) is 12.5. The second-order valence-electron chi connectivity index (χ2n) is 6.15. The van der Waals surface area contributed by atoms with E-state index in [1.807, 2.05) is 13.1 Å². The maximum absolute atomic E-state index is 12.0. The molecule has 8 heteroatoms. The van der Waals surface area contributed by atoms with Crippen LogP contribution in [0.2, 0.25) is 0 Å². The van der Waals surface area contributed by atoms with Crippen LogP contribution in [0.5, 0.6) is 0 Å². The molecule has 0 aromatic carbocycles. The normalized spacial score (nSPS) is 17.0. The lowest BCUT2D eigenvalue weighted by atomic mass is 10.1. The van der Waals surface area contributed by atoms with Crippen molar-refractivity contribution >= 4 is 40.8 Å². The fourth-order valence-corrected chi connectivity index (χ4v) is 3.17. The van der Waals surface area contributed by atoms with Gasteiger partial charge in [-0.2, -0.15) is 4.99 Å². The third-order valence-electron chi connectivity index (χ3n) is 4.03. The number of hydrogen-bond acceptors (Lipinski definition) is 4. The molecule has 1 aliphatic rings. The average molecular weight is 382 g/mol. The second-order valence-corrected chi connectivity index (χ2v) is 7.31. The first kappa shape index (κ1) is 22.3. The number of nitrogens with one attached hydrogen (secondary N) is 1. The van der Waals surface area contributed by atoms with Crippen LogP contribution in [0.1, 0.15) is 52.9 Å². The number of carbonyl (C=O) groups excluding carboxylic acids is 2.